The summed E-state index contributed by atoms with van der Waals surface area (Å²) in [7, 11) is 0. The number of rotatable bonds is 4. The fourth-order valence-electron chi connectivity index (χ4n) is 5.95. The summed E-state index contributed by atoms with van der Waals surface area (Å²) in [6.07, 6.45) is 5.81. The van der Waals surface area contributed by atoms with Crippen LogP contribution in [0.1, 0.15) is 67.2 Å². The first kappa shape index (κ1) is 21.2. The van der Waals surface area contributed by atoms with Crippen molar-refractivity contribution in [2.75, 3.05) is 0 Å². The number of ether oxygens (including phenoxy) is 1. The minimum atomic E-state index is -1.34. The Morgan fingerprint density at radius 1 is 1.23 bits per heavy atom. The molecular formula is C22H36O4. The number of hydrogen-bond acceptors (Lipinski definition) is 4. The molecule has 0 aromatic heterocycles. The van der Waals surface area contributed by atoms with Crippen LogP contribution in [0, 0.1) is 22.7 Å². The lowest BCUT2D eigenvalue weighted by Crippen LogP contribution is -2.70. The van der Waals surface area contributed by atoms with Gasteiger partial charge in [-0.15, -0.1) is 0 Å². The van der Waals surface area contributed by atoms with E-state index in [9.17, 15) is 15.0 Å². The van der Waals surface area contributed by atoms with Crippen LogP contribution in [-0.4, -0.2) is 34.0 Å². The lowest BCUT2D eigenvalue weighted by atomic mass is 9.43. The van der Waals surface area contributed by atoms with Gasteiger partial charge in [-0.05, 0) is 49.9 Å². The number of carbonyl (C=O) groups is 1. The van der Waals surface area contributed by atoms with Gasteiger partial charge in [-0.1, -0.05) is 51.5 Å². The maximum absolute atomic E-state index is 11.8. The summed E-state index contributed by atoms with van der Waals surface area (Å²) in [6.45, 7) is 15.5. The van der Waals surface area contributed by atoms with E-state index in [2.05, 4.69) is 33.4 Å². The van der Waals surface area contributed by atoms with E-state index in [1.807, 2.05) is 6.92 Å². The van der Waals surface area contributed by atoms with Gasteiger partial charge < -0.3 is 14.9 Å². The van der Waals surface area contributed by atoms with Crippen LogP contribution >= 0.6 is 0 Å². The first-order valence-electron chi connectivity index (χ1n) is 9.75. The predicted molar refractivity (Wildman–Crippen MR) is 103 cm³/mol. The molecule has 2 saturated carbocycles. The first-order chi connectivity index (χ1) is 11.9. The van der Waals surface area contributed by atoms with Crippen LogP contribution in [0.2, 0.25) is 0 Å². The number of aliphatic hydroxyl groups is 2. The van der Waals surface area contributed by atoms with Gasteiger partial charge in [0.05, 0.1) is 5.60 Å². The number of fused-ring (bicyclic) bond motifs is 1. The minimum absolute atomic E-state index is 0.00897. The molecule has 4 heteroatoms. The van der Waals surface area contributed by atoms with Crippen LogP contribution in [0.3, 0.4) is 0 Å². The summed E-state index contributed by atoms with van der Waals surface area (Å²) >= 11 is 0. The monoisotopic (exact) mass is 364 g/mol. The zero-order chi connectivity index (χ0) is 19.9. The average molecular weight is 365 g/mol. The molecule has 2 rings (SSSR count). The van der Waals surface area contributed by atoms with Gasteiger partial charge in [0.15, 0.2) is 0 Å². The fraction of sp³-hybridized carbons (Fsp3) is 0.773. The molecule has 0 radical (unpaired) electrons. The molecule has 4 nitrogen and oxygen atoms in total. The maximum Gasteiger partial charge on any atom is 0.303 e. The second-order valence-corrected chi connectivity index (χ2v) is 9.51. The molecule has 0 aliphatic heterocycles. The molecule has 26 heavy (non-hydrogen) atoms. The van der Waals surface area contributed by atoms with Crippen molar-refractivity contribution >= 4 is 5.97 Å². The SMILES string of the molecule is C=CC(C)=CCC1C(C)(O)C(O)C(OC(C)=O)C2C(C)(C)CCCC21C. The van der Waals surface area contributed by atoms with E-state index in [-0.39, 0.29) is 22.7 Å². The zero-order valence-electron chi connectivity index (χ0n) is 17.2. The molecule has 0 aromatic rings. The summed E-state index contributed by atoms with van der Waals surface area (Å²) in [6, 6.07) is 0. The van der Waals surface area contributed by atoms with Crippen LogP contribution < -0.4 is 0 Å². The molecule has 0 aromatic carbocycles. The molecule has 2 aliphatic carbocycles. The maximum atomic E-state index is 11.8. The van der Waals surface area contributed by atoms with Gasteiger partial charge in [-0.3, -0.25) is 4.79 Å². The summed E-state index contributed by atoms with van der Waals surface area (Å²) in [5, 5.41) is 22.4. The van der Waals surface area contributed by atoms with Gasteiger partial charge in [-0.25, -0.2) is 0 Å². The largest absolute Gasteiger partial charge is 0.459 e. The number of carbonyl (C=O) groups excluding carboxylic acids is 1. The van der Waals surface area contributed by atoms with Gasteiger partial charge in [0.1, 0.15) is 12.2 Å². The molecule has 0 heterocycles. The van der Waals surface area contributed by atoms with Crippen molar-refractivity contribution in [2.24, 2.45) is 22.7 Å². The summed E-state index contributed by atoms with van der Waals surface area (Å²) < 4.78 is 5.62. The lowest BCUT2D eigenvalue weighted by Gasteiger charge is -2.64. The van der Waals surface area contributed by atoms with Crippen molar-refractivity contribution in [3.05, 3.63) is 24.3 Å². The average Bonchev–Trinajstić information content (AvgIpc) is 2.50. The third-order valence-corrected chi connectivity index (χ3v) is 7.13. The second-order valence-electron chi connectivity index (χ2n) is 9.51. The number of esters is 1. The molecule has 0 bridgehead atoms. The third-order valence-electron chi connectivity index (χ3n) is 7.13. The highest BCUT2D eigenvalue weighted by molar-refractivity contribution is 5.66. The normalized spacial score (nSPS) is 42.7. The third kappa shape index (κ3) is 3.50. The van der Waals surface area contributed by atoms with Crippen LogP contribution in [-0.2, 0) is 9.53 Å². The molecule has 0 spiro atoms. The van der Waals surface area contributed by atoms with Crippen LogP contribution in [0.5, 0.6) is 0 Å². The van der Waals surface area contributed by atoms with Crippen molar-refractivity contribution in [1.29, 1.82) is 0 Å². The number of aliphatic hydroxyl groups excluding tert-OH is 1. The lowest BCUT2D eigenvalue weighted by molar-refractivity contribution is -0.270. The molecule has 6 atom stereocenters. The minimum Gasteiger partial charge on any atom is -0.459 e. The standard InChI is InChI=1S/C22H36O4/c1-8-14(2)10-11-16-21(6)13-9-12-20(4,5)18(21)17(26-15(3)23)19(24)22(16,7)25/h8,10,16-19,24-25H,1,9,11-13H2,2-7H3. The van der Waals surface area contributed by atoms with E-state index >= 15 is 0 Å². The number of hydrogen-bond donors (Lipinski definition) is 2. The quantitative estimate of drug-likeness (QED) is 0.584. The van der Waals surface area contributed by atoms with Gasteiger partial charge >= 0.3 is 5.97 Å². The molecular weight excluding hydrogens is 328 g/mol. The summed E-state index contributed by atoms with van der Waals surface area (Å²) in [5.41, 5.74) is -0.591. The van der Waals surface area contributed by atoms with Crippen molar-refractivity contribution in [1.82, 2.24) is 0 Å². The smallest absolute Gasteiger partial charge is 0.303 e. The van der Waals surface area contributed by atoms with Crippen LogP contribution in [0.4, 0.5) is 0 Å². The molecule has 148 valence electrons. The van der Waals surface area contributed by atoms with Crippen molar-refractivity contribution in [3.63, 3.8) is 0 Å². The van der Waals surface area contributed by atoms with Gasteiger partial charge in [-0.2, -0.15) is 0 Å². The van der Waals surface area contributed by atoms with Gasteiger partial charge in [0, 0.05) is 12.8 Å². The Labute approximate surface area is 158 Å². The van der Waals surface area contributed by atoms with E-state index in [4.69, 9.17) is 4.74 Å². The van der Waals surface area contributed by atoms with E-state index in [0.717, 1.165) is 24.8 Å². The van der Waals surface area contributed by atoms with E-state index in [1.54, 1.807) is 13.0 Å². The van der Waals surface area contributed by atoms with Crippen molar-refractivity contribution < 1.29 is 19.7 Å². The Balaban J connectivity index is 2.56. The van der Waals surface area contributed by atoms with Crippen molar-refractivity contribution in [3.8, 4) is 0 Å². The molecule has 6 unspecified atom stereocenters. The second kappa shape index (κ2) is 7.12. The Hall–Kier alpha value is -1.13. The molecule has 0 saturated heterocycles. The van der Waals surface area contributed by atoms with Gasteiger partial charge in [0.25, 0.3) is 0 Å². The van der Waals surface area contributed by atoms with Crippen LogP contribution in [0.25, 0.3) is 0 Å². The highest BCUT2D eigenvalue weighted by Crippen LogP contribution is 2.63. The van der Waals surface area contributed by atoms with E-state index < -0.39 is 23.8 Å². The summed E-state index contributed by atoms with van der Waals surface area (Å²) in [4.78, 5) is 11.8. The Morgan fingerprint density at radius 2 is 1.85 bits per heavy atom. The first-order valence-corrected chi connectivity index (χ1v) is 9.75. The summed E-state index contributed by atoms with van der Waals surface area (Å²) in [5.74, 6) is -0.545. The van der Waals surface area contributed by atoms with E-state index in [1.165, 1.54) is 6.92 Å². The Bertz CT molecular complexity index is 589. The van der Waals surface area contributed by atoms with Crippen molar-refractivity contribution in [2.45, 2.75) is 85.0 Å². The van der Waals surface area contributed by atoms with E-state index in [0.29, 0.717) is 6.42 Å². The molecule has 2 N–H and O–H groups in total. The zero-order valence-corrected chi connectivity index (χ0v) is 17.2. The Morgan fingerprint density at radius 3 is 2.38 bits per heavy atom. The number of allylic oxidation sites excluding steroid dienone is 3. The molecule has 2 aliphatic rings. The fourth-order valence-corrected chi connectivity index (χ4v) is 5.95. The predicted octanol–water partition coefficient (Wildman–Crippen LogP) is 4.01. The highest BCUT2D eigenvalue weighted by atomic mass is 16.6. The van der Waals surface area contributed by atoms with Gasteiger partial charge in [0.2, 0.25) is 0 Å². The Kier molecular flexibility index (Phi) is 5.80. The molecule has 0 amide bonds. The highest BCUT2D eigenvalue weighted by Gasteiger charge is 2.66. The molecule has 2 fully saturated rings. The van der Waals surface area contributed by atoms with Crippen LogP contribution in [0.15, 0.2) is 24.3 Å². The topological polar surface area (TPSA) is 66.8 Å².